The second kappa shape index (κ2) is 9.19. The van der Waals surface area contributed by atoms with Crippen molar-refractivity contribution >= 4 is 43.9 Å². The van der Waals surface area contributed by atoms with Crippen LogP contribution in [0.5, 0.6) is 11.5 Å². The van der Waals surface area contributed by atoms with E-state index in [-0.39, 0.29) is 12.2 Å². The molecule has 0 amide bonds. The van der Waals surface area contributed by atoms with Gasteiger partial charge >= 0.3 is 5.97 Å². The SMILES string of the molecule is CCOc1cc(C=C(C#N)C#N)c(Br)c(Br)c1OCC(=O)OC. The molecule has 120 valence electrons. The van der Waals surface area contributed by atoms with Crippen molar-refractivity contribution in [3.05, 3.63) is 26.1 Å². The molecule has 0 aliphatic rings. The molecule has 0 saturated carbocycles. The number of carbonyl (C=O) groups excluding carboxylic acids is 1. The Morgan fingerprint density at radius 3 is 2.43 bits per heavy atom. The Morgan fingerprint density at radius 2 is 1.91 bits per heavy atom. The van der Waals surface area contributed by atoms with Gasteiger partial charge in [-0.2, -0.15) is 10.5 Å². The number of ether oxygens (including phenoxy) is 3. The first kappa shape index (κ1) is 19.0. The van der Waals surface area contributed by atoms with Crippen LogP contribution >= 0.6 is 31.9 Å². The van der Waals surface area contributed by atoms with Gasteiger partial charge in [0.1, 0.15) is 17.7 Å². The van der Waals surface area contributed by atoms with E-state index in [1.807, 2.05) is 0 Å². The number of rotatable bonds is 6. The van der Waals surface area contributed by atoms with E-state index in [0.29, 0.717) is 32.6 Å². The third-order valence-electron chi connectivity index (χ3n) is 2.56. The highest BCUT2D eigenvalue weighted by atomic mass is 79.9. The summed E-state index contributed by atoms with van der Waals surface area (Å²) in [5.74, 6) is 0.153. The fourth-order valence-corrected chi connectivity index (χ4v) is 2.49. The van der Waals surface area contributed by atoms with E-state index in [1.54, 1.807) is 25.1 Å². The monoisotopic (exact) mass is 442 g/mol. The molecule has 0 fully saturated rings. The van der Waals surface area contributed by atoms with E-state index >= 15 is 0 Å². The molecule has 6 nitrogen and oxygen atoms in total. The van der Waals surface area contributed by atoms with E-state index in [4.69, 9.17) is 20.0 Å². The summed E-state index contributed by atoms with van der Waals surface area (Å²) in [6, 6.07) is 5.19. The zero-order chi connectivity index (χ0) is 17.4. The average Bonchev–Trinajstić information content (AvgIpc) is 2.56. The molecule has 0 aliphatic heterocycles. The van der Waals surface area contributed by atoms with Gasteiger partial charge in [-0.1, -0.05) is 0 Å². The van der Waals surface area contributed by atoms with Crippen LogP contribution in [0.4, 0.5) is 0 Å². The standard InChI is InChI=1S/C15H12Br2N2O4/c1-3-22-11-5-10(4-9(6-18)7-19)13(16)14(17)15(11)23-8-12(20)21-2/h4-5H,3,8H2,1-2H3. The first-order valence-electron chi connectivity index (χ1n) is 6.34. The summed E-state index contributed by atoms with van der Waals surface area (Å²) >= 11 is 6.72. The fourth-order valence-electron chi connectivity index (χ4n) is 1.54. The Kier molecular flexibility index (Phi) is 7.60. The van der Waals surface area contributed by atoms with Gasteiger partial charge in [-0.3, -0.25) is 0 Å². The number of benzene rings is 1. The van der Waals surface area contributed by atoms with Crippen molar-refractivity contribution in [2.75, 3.05) is 20.3 Å². The maximum atomic E-state index is 11.2. The maximum Gasteiger partial charge on any atom is 0.343 e. The van der Waals surface area contributed by atoms with Crippen LogP contribution in [0, 0.1) is 22.7 Å². The van der Waals surface area contributed by atoms with Crippen LogP contribution in [0.1, 0.15) is 12.5 Å². The molecule has 0 aromatic heterocycles. The second-order valence-corrected chi connectivity index (χ2v) is 5.59. The highest BCUT2D eigenvalue weighted by molar-refractivity contribution is 9.13. The highest BCUT2D eigenvalue weighted by Crippen LogP contribution is 2.43. The van der Waals surface area contributed by atoms with E-state index in [2.05, 4.69) is 36.6 Å². The number of esters is 1. The first-order chi connectivity index (χ1) is 11.0. The Morgan fingerprint density at radius 1 is 1.26 bits per heavy atom. The lowest BCUT2D eigenvalue weighted by Crippen LogP contribution is -2.13. The van der Waals surface area contributed by atoms with E-state index in [0.717, 1.165) is 0 Å². The number of nitriles is 2. The van der Waals surface area contributed by atoms with Gasteiger partial charge in [-0.15, -0.1) is 0 Å². The minimum absolute atomic E-state index is 0.0525. The summed E-state index contributed by atoms with van der Waals surface area (Å²) in [4.78, 5) is 11.2. The minimum Gasteiger partial charge on any atom is -0.490 e. The van der Waals surface area contributed by atoms with E-state index in [9.17, 15) is 4.79 Å². The van der Waals surface area contributed by atoms with Crippen molar-refractivity contribution in [3.63, 3.8) is 0 Å². The summed E-state index contributed by atoms with van der Waals surface area (Å²) in [6.45, 7) is 1.89. The molecule has 0 radical (unpaired) electrons. The molecule has 0 aliphatic carbocycles. The summed E-state index contributed by atoms with van der Waals surface area (Å²) in [5, 5.41) is 17.7. The predicted octanol–water partition coefficient (Wildman–Crippen LogP) is 3.59. The van der Waals surface area contributed by atoms with Gasteiger partial charge in [0.25, 0.3) is 0 Å². The molecule has 0 N–H and O–H groups in total. The van der Waals surface area contributed by atoms with Crippen LogP contribution in [0.25, 0.3) is 6.08 Å². The van der Waals surface area contributed by atoms with Crippen molar-refractivity contribution in [1.82, 2.24) is 0 Å². The maximum absolute atomic E-state index is 11.2. The molecule has 8 heteroatoms. The lowest BCUT2D eigenvalue weighted by atomic mass is 10.1. The van der Waals surface area contributed by atoms with Gasteiger partial charge in [0.05, 0.1) is 18.2 Å². The Balaban J connectivity index is 3.36. The van der Waals surface area contributed by atoms with Crippen LogP contribution < -0.4 is 9.47 Å². The zero-order valence-corrected chi connectivity index (χ0v) is 15.5. The van der Waals surface area contributed by atoms with Crippen molar-refractivity contribution in [3.8, 4) is 23.6 Å². The quantitative estimate of drug-likeness (QED) is 0.492. The highest BCUT2D eigenvalue weighted by Gasteiger charge is 2.18. The molecular formula is C15H12Br2N2O4. The third-order valence-corrected chi connectivity index (χ3v) is 4.70. The molecule has 0 bridgehead atoms. The second-order valence-electron chi connectivity index (χ2n) is 4.00. The van der Waals surface area contributed by atoms with Gasteiger partial charge in [-0.05, 0) is 56.5 Å². The van der Waals surface area contributed by atoms with Crippen molar-refractivity contribution in [2.24, 2.45) is 0 Å². The van der Waals surface area contributed by atoms with Crippen LogP contribution in [0.2, 0.25) is 0 Å². The smallest absolute Gasteiger partial charge is 0.343 e. The molecule has 0 atom stereocenters. The number of carbonyl (C=O) groups is 1. The molecule has 0 heterocycles. The topological polar surface area (TPSA) is 92.3 Å². The number of halogens is 2. The number of hydrogen-bond donors (Lipinski definition) is 0. The Hall–Kier alpha value is -2.03. The molecule has 1 aromatic rings. The summed E-state index contributed by atoms with van der Waals surface area (Å²) < 4.78 is 16.5. The van der Waals surface area contributed by atoms with Crippen molar-refractivity contribution in [2.45, 2.75) is 6.92 Å². The van der Waals surface area contributed by atoms with Crippen LogP contribution in [-0.2, 0) is 9.53 Å². The zero-order valence-electron chi connectivity index (χ0n) is 12.4. The predicted molar refractivity (Wildman–Crippen MR) is 89.7 cm³/mol. The lowest BCUT2D eigenvalue weighted by Gasteiger charge is -2.15. The average molecular weight is 444 g/mol. The van der Waals surface area contributed by atoms with Crippen LogP contribution in [-0.4, -0.2) is 26.3 Å². The molecule has 1 rings (SSSR count). The summed E-state index contributed by atoms with van der Waals surface area (Å²) in [6.07, 6.45) is 1.42. The molecule has 0 unspecified atom stereocenters. The first-order valence-corrected chi connectivity index (χ1v) is 7.93. The number of hydrogen-bond acceptors (Lipinski definition) is 6. The van der Waals surface area contributed by atoms with Gasteiger partial charge in [0, 0.05) is 4.47 Å². The third kappa shape index (κ3) is 4.98. The lowest BCUT2D eigenvalue weighted by molar-refractivity contribution is -0.142. The molecule has 0 saturated heterocycles. The molecule has 23 heavy (non-hydrogen) atoms. The molecule has 0 spiro atoms. The van der Waals surface area contributed by atoms with E-state index in [1.165, 1.54) is 13.2 Å². The van der Waals surface area contributed by atoms with Gasteiger partial charge in [0.2, 0.25) is 0 Å². The van der Waals surface area contributed by atoms with Crippen molar-refractivity contribution < 1.29 is 19.0 Å². The summed E-state index contributed by atoms with van der Waals surface area (Å²) in [5.41, 5.74) is 0.507. The molecule has 1 aromatic carbocycles. The Labute approximate surface area is 150 Å². The fraction of sp³-hybridized carbons (Fsp3) is 0.267. The van der Waals surface area contributed by atoms with E-state index < -0.39 is 5.97 Å². The van der Waals surface area contributed by atoms with Crippen LogP contribution in [0.3, 0.4) is 0 Å². The number of allylic oxidation sites excluding steroid dienone is 1. The summed E-state index contributed by atoms with van der Waals surface area (Å²) in [7, 11) is 1.26. The van der Waals surface area contributed by atoms with Gasteiger partial charge in [0.15, 0.2) is 18.1 Å². The van der Waals surface area contributed by atoms with Gasteiger partial charge < -0.3 is 14.2 Å². The molecular weight excluding hydrogens is 432 g/mol. The largest absolute Gasteiger partial charge is 0.490 e. The Bertz CT molecular complexity index is 702. The van der Waals surface area contributed by atoms with Gasteiger partial charge in [-0.25, -0.2) is 4.79 Å². The minimum atomic E-state index is -0.532. The number of nitrogens with zero attached hydrogens (tertiary/aromatic N) is 2. The van der Waals surface area contributed by atoms with Crippen LogP contribution in [0.15, 0.2) is 20.6 Å². The number of methoxy groups -OCH3 is 1. The normalized spacial score (nSPS) is 9.30. The van der Waals surface area contributed by atoms with Crippen molar-refractivity contribution in [1.29, 1.82) is 10.5 Å².